The second-order valence-electron chi connectivity index (χ2n) is 8.28. The van der Waals surface area contributed by atoms with E-state index < -0.39 is 0 Å². The molecule has 0 radical (unpaired) electrons. The van der Waals surface area contributed by atoms with E-state index in [4.69, 9.17) is 9.15 Å². The number of carbonyl (C=O) groups is 2. The maximum Gasteiger partial charge on any atom is 0.290 e. The van der Waals surface area contributed by atoms with Gasteiger partial charge in [-0.3, -0.25) is 9.59 Å². The number of fused-ring (bicyclic) bond motifs is 1. The molecule has 1 saturated heterocycles. The number of rotatable bonds is 5. The van der Waals surface area contributed by atoms with Crippen molar-refractivity contribution in [3.05, 3.63) is 89.4 Å². The summed E-state index contributed by atoms with van der Waals surface area (Å²) in [4.78, 5) is 29.4. The lowest BCUT2D eigenvalue weighted by Crippen LogP contribution is -2.40. The lowest BCUT2D eigenvalue weighted by Gasteiger charge is -2.37. The summed E-state index contributed by atoms with van der Waals surface area (Å²) >= 11 is 0. The molecule has 0 bridgehead atoms. The summed E-state index contributed by atoms with van der Waals surface area (Å²) in [5, 5.41) is 0. The second-order valence-corrected chi connectivity index (χ2v) is 8.28. The van der Waals surface area contributed by atoms with Crippen molar-refractivity contribution in [2.75, 3.05) is 26.2 Å². The summed E-state index contributed by atoms with van der Waals surface area (Å²) in [5.74, 6) is 0.863. The first-order chi connectivity index (χ1) is 15.7. The number of nitrogens with zero attached hydrogens (tertiary/aromatic N) is 2. The van der Waals surface area contributed by atoms with Gasteiger partial charge < -0.3 is 19.0 Å². The number of carbonyl (C=O) groups excluding carboxylic acids is 2. The highest BCUT2D eigenvalue weighted by atomic mass is 16.5. The molecule has 3 aromatic rings. The monoisotopic (exact) mass is 430 g/mol. The number of furan rings is 1. The molecule has 1 atom stereocenters. The van der Waals surface area contributed by atoms with E-state index in [0.717, 1.165) is 43.5 Å². The van der Waals surface area contributed by atoms with Crippen LogP contribution in [0.3, 0.4) is 0 Å². The predicted molar refractivity (Wildman–Crippen MR) is 119 cm³/mol. The van der Waals surface area contributed by atoms with Gasteiger partial charge in [0.1, 0.15) is 5.75 Å². The van der Waals surface area contributed by atoms with Crippen LogP contribution in [0.4, 0.5) is 0 Å². The fourth-order valence-electron chi connectivity index (χ4n) is 4.64. The van der Waals surface area contributed by atoms with Gasteiger partial charge in [-0.2, -0.15) is 0 Å². The molecule has 2 aliphatic rings. The smallest absolute Gasteiger partial charge is 0.290 e. The average molecular weight is 431 g/mol. The zero-order valence-corrected chi connectivity index (χ0v) is 17.9. The Bertz CT molecular complexity index is 1090. The summed E-state index contributed by atoms with van der Waals surface area (Å²) in [6.45, 7) is 2.25. The highest BCUT2D eigenvalue weighted by molar-refractivity contribution is 5.92. The van der Waals surface area contributed by atoms with Crippen LogP contribution < -0.4 is 4.74 Å². The van der Waals surface area contributed by atoms with E-state index >= 15 is 0 Å². The molecule has 0 N–H and O–H groups in total. The fourth-order valence-corrected chi connectivity index (χ4v) is 4.64. The first-order valence-corrected chi connectivity index (χ1v) is 11.1. The Morgan fingerprint density at radius 2 is 1.78 bits per heavy atom. The van der Waals surface area contributed by atoms with Crippen molar-refractivity contribution in [1.29, 1.82) is 0 Å². The van der Waals surface area contributed by atoms with Gasteiger partial charge in [-0.25, -0.2) is 0 Å². The van der Waals surface area contributed by atoms with Crippen LogP contribution in [-0.2, 0) is 11.2 Å². The maximum absolute atomic E-state index is 13.3. The zero-order chi connectivity index (χ0) is 21.9. The molecule has 2 amide bonds. The molecular formula is C26H26N2O4. The van der Waals surface area contributed by atoms with Crippen LogP contribution >= 0.6 is 0 Å². The number of hydrogen-bond donors (Lipinski definition) is 0. The van der Waals surface area contributed by atoms with E-state index in [-0.39, 0.29) is 24.5 Å². The summed E-state index contributed by atoms with van der Waals surface area (Å²) < 4.78 is 11.3. The zero-order valence-electron chi connectivity index (χ0n) is 17.9. The quantitative estimate of drug-likeness (QED) is 0.612. The van der Waals surface area contributed by atoms with Gasteiger partial charge in [0.25, 0.3) is 11.8 Å². The van der Waals surface area contributed by atoms with E-state index in [2.05, 4.69) is 6.07 Å². The van der Waals surface area contributed by atoms with E-state index in [1.54, 1.807) is 12.1 Å². The Balaban J connectivity index is 1.44. The van der Waals surface area contributed by atoms with Crippen LogP contribution in [0.1, 0.15) is 46.1 Å². The van der Waals surface area contributed by atoms with E-state index in [9.17, 15) is 9.59 Å². The van der Waals surface area contributed by atoms with Crippen molar-refractivity contribution in [2.24, 2.45) is 0 Å². The fraction of sp³-hybridized carbons (Fsp3) is 0.308. The minimum atomic E-state index is -0.254. The van der Waals surface area contributed by atoms with Gasteiger partial charge in [0.2, 0.25) is 0 Å². The molecule has 2 aliphatic heterocycles. The Labute approximate surface area is 187 Å². The molecule has 2 aromatic carbocycles. The molecule has 0 aliphatic carbocycles. The van der Waals surface area contributed by atoms with Gasteiger partial charge in [0.15, 0.2) is 12.4 Å². The van der Waals surface area contributed by atoms with Crippen molar-refractivity contribution in [2.45, 2.75) is 25.3 Å². The van der Waals surface area contributed by atoms with Crippen LogP contribution in [0.25, 0.3) is 0 Å². The van der Waals surface area contributed by atoms with Crippen molar-refractivity contribution in [3.8, 4) is 5.75 Å². The van der Waals surface area contributed by atoms with Crippen LogP contribution in [0.5, 0.6) is 5.75 Å². The van der Waals surface area contributed by atoms with Gasteiger partial charge >= 0.3 is 0 Å². The van der Waals surface area contributed by atoms with E-state index in [1.807, 2.05) is 52.3 Å². The standard InChI is InChI=1S/C26H26N2O4/c29-24(27-13-4-5-14-27)18-32-21-11-10-19-12-15-28(26(30)23-9-6-16-31-23)25(22(19)17-21)20-7-2-1-3-8-20/h1-3,6-11,16-17,25H,4-5,12-15,18H2. The molecule has 5 rings (SSSR count). The van der Waals surface area contributed by atoms with Gasteiger partial charge in [0, 0.05) is 19.6 Å². The van der Waals surface area contributed by atoms with E-state index in [0.29, 0.717) is 18.1 Å². The largest absolute Gasteiger partial charge is 0.484 e. The third-order valence-corrected chi connectivity index (χ3v) is 6.27. The normalized spacial score (nSPS) is 17.8. The molecule has 0 spiro atoms. The van der Waals surface area contributed by atoms with Crippen LogP contribution in [0, 0.1) is 0 Å². The molecular weight excluding hydrogens is 404 g/mol. The predicted octanol–water partition coefficient (Wildman–Crippen LogP) is 4.07. The molecule has 32 heavy (non-hydrogen) atoms. The average Bonchev–Trinajstić information content (AvgIpc) is 3.56. The summed E-state index contributed by atoms with van der Waals surface area (Å²) in [6.07, 6.45) is 4.38. The summed E-state index contributed by atoms with van der Waals surface area (Å²) in [6, 6.07) is 19.1. The van der Waals surface area contributed by atoms with E-state index in [1.165, 1.54) is 11.8 Å². The number of benzene rings is 2. The Morgan fingerprint density at radius 1 is 0.969 bits per heavy atom. The van der Waals surface area contributed by atoms with Crippen molar-refractivity contribution >= 4 is 11.8 Å². The SMILES string of the molecule is O=C(COc1ccc2c(c1)C(c1ccccc1)N(C(=O)c1ccco1)CC2)N1CCCC1. The Hall–Kier alpha value is -3.54. The molecule has 6 nitrogen and oxygen atoms in total. The number of ether oxygens (including phenoxy) is 1. The first-order valence-electron chi connectivity index (χ1n) is 11.1. The second kappa shape index (κ2) is 8.91. The van der Waals surface area contributed by atoms with Crippen LogP contribution in [0.2, 0.25) is 0 Å². The topological polar surface area (TPSA) is 63.0 Å². The summed E-state index contributed by atoms with van der Waals surface area (Å²) in [5.41, 5.74) is 3.23. The van der Waals surface area contributed by atoms with Crippen LogP contribution in [-0.4, -0.2) is 47.9 Å². The third kappa shape index (κ3) is 4.00. The van der Waals surface area contributed by atoms with Crippen molar-refractivity contribution in [1.82, 2.24) is 9.80 Å². The minimum absolute atomic E-state index is 0.0226. The van der Waals surface area contributed by atoms with Gasteiger partial charge in [-0.1, -0.05) is 36.4 Å². The molecule has 6 heteroatoms. The Morgan fingerprint density at radius 3 is 2.53 bits per heavy atom. The van der Waals surface area contributed by atoms with Crippen molar-refractivity contribution < 1.29 is 18.7 Å². The van der Waals surface area contributed by atoms with Gasteiger partial charge in [-0.15, -0.1) is 0 Å². The molecule has 1 aromatic heterocycles. The highest BCUT2D eigenvalue weighted by Gasteiger charge is 2.34. The third-order valence-electron chi connectivity index (χ3n) is 6.27. The molecule has 1 unspecified atom stereocenters. The lowest BCUT2D eigenvalue weighted by atomic mass is 9.87. The lowest BCUT2D eigenvalue weighted by molar-refractivity contribution is -0.132. The molecule has 1 fully saturated rings. The molecule has 3 heterocycles. The molecule has 0 saturated carbocycles. The van der Waals surface area contributed by atoms with Crippen LogP contribution in [0.15, 0.2) is 71.3 Å². The Kier molecular flexibility index (Phi) is 5.67. The first kappa shape index (κ1) is 20.4. The number of likely N-dealkylation sites (tertiary alicyclic amines) is 1. The minimum Gasteiger partial charge on any atom is -0.484 e. The van der Waals surface area contributed by atoms with Gasteiger partial charge in [0.05, 0.1) is 12.3 Å². The number of hydrogen-bond acceptors (Lipinski definition) is 4. The van der Waals surface area contributed by atoms with Crippen molar-refractivity contribution in [3.63, 3.8) is 0 Å². The summed E-state index contributed by atoms with van der Waals surface area (Å²) in [7, 11) is 0. The highest BCUT2D eigenvalue weighted by Crippen LogP contribution is 2.38. The maximum atomic E-state index is 13.3. The number of amides is 2. The van der Waals surface area contributed by atoms with Gasteiger partial charge in [-0.05, 0) is 60.2 Å². The molecule has 164 valence electrons.